The van der Waals surface area contributed by atoms with Crippen molar-refractivity contribution in [1.82, 2.24) is 4.90 Å². The molecule has 1 amide bonds. The van der Waals surface area contributed by atoms with Crippen molar-refractivity contribution in [2.75, 3.05) is 18.1 Å². The molecule has 0 radical (unpaired) electrons. The molecule has 0 aliphatic carbocycles. The van der Waals surface area contributed by atoms with E-state index in [0.29, 0.717) is 17.2 Å². The minimum absolute atomic E-state index is 0.0232. The van der Waals surface area contributed by atoms with E-state index in [2.05, 4.69) is 0 Å². The summed E-state index contributed by atoms with van der Waals surface area (Å²) in [6, 6.07) is 3.74. The largest absolute Gasteiger partial charge is 0.481 e. The predicted octanol–water partition coefficient (Wildman–Crippen LogP) is 3.00. The van der Waals surface area contributed by atoms with Crippen molar-refractivity contribution in [3.05, 3.63) is 22.4 Å². The van der Waals surface area contributed by atoms with E-state index in [1.54, 1.807) is 28.0 Å². The number of carbonyl (C=O) groups is 2. The molecule has 1 aliphatic rings. The molecule has 0 bridgehead atoms. The number of amides is 1. The molecule has 2 aromatic heterocycles. The summed E-state index contributed by atoms with van der Waals surface area (Å²) in [4.78, 5) is 26.0. The van der Waals surface area contributed by atoms with Crippen LogP contribution >= 0.6 is 34.4 Å². The third kappa shape index (κ3) is 2.70. The Morgan fingerprint density at radius 1 is 1.40 bits per heavy atom. The van der Waals surface area contributed by atoms with Gasteiger partial charge in [0.15, 0.2) is 0 Å². The minimum Gasteiger partial charge on any atom is -0.481 e. The van der Waals surface area contributed by atoms with E-state index >= 15 is 0 Å². The summed E-state index contributed by atoms with van der Waals surface area (Å²) in [5.41, 5.74) is 0. The van der Waals surface area contributed by atoms with Crippen molar-refractivity contribution in [2.24, 2.45) is 0 Å². The van der Waals surface area contributed by atoms with Crippen LogP contribution in [0.2, 0.25) is 0 Å². The summed E-state index contributed by atoms with van der Waals surface area (Å²) < 4.78 is 2.25. The third-order valence-electron chi connectivity index (χ3n) is 3.25. The fourth-order valence-corrected chi connectivity index (χ4v) is 5.43. The normalized spacial score (nSPS) is 19.4. The lowest BCUT2D eigenvalue weighted by Gasteiger charge is -2.34. The van der Waals surface area contributed by atoms with Gasteiger partial charge in [0.2, 0.25) is 0 Å². The van der Waals surface area contributed by atoms with Gasteiger partial charge in [-0.3, -0.25) is 9.59 Å². The van der Waals surface area contributed by atoms with Gasteiger partial charge in [0, 0.05) is 27.5 Å². The maximum atomic E-state index is 12.6. The average Bonchev–Trinajstić information content (AvgIpc) is 2.98. The highest BCUT2D eigenvalue weighted by molar-refractivity contribution is 7.99. The van der Waals surface area contributed by atoms with Crippen molar-refractivity contribution in [3.8, 4) is 0 Å². The predicted molar refractivity (Wildman–Crippen MR) is 84.1 cm³/mol. The molecule has 0 saturated carbocycles. The minimum atomic E-state index is -0.845. The zero-order chi connectivity index (χ0) is 14.1. The Labute approximate surface area is 128 Å². The summed E-state index contributed by atoms with van der Waals surface area (Å²) in [7, 11) is 0. The second kappa shape index (κ2) is 5.75. The Bertz CT molecular complexity index is 620. The lowest BCUT2D eigenvalue weighted by Crippen LogP contribution is -2.46. The molecule has 1 N–H and O–H groups in total. The van der Waals surface area contributed by atoms with Gasteiger partial charge < -0.3 is 10.0 Å². The van der Waals surface area contributed by atoms with Crippen LogP contribution in [0.15, 0.2) is 17.5 Å². The molecular formula is C13H13NO3S3. The first-order chi connectivity index (χ1) is 9.65. The first kappa shape index (κ1) is 13.9. The van der Waals surface area contributed by atoms with Crippen LogP contribution < -0.4 is 0 Å². The lowest BCUT2D eigenvalue weighted by atomic mass is 10.2. The van der Waals surface area contributed by atoms with Gasteiger partial charge in [-0.15, -0.1) is 22.7 Å². The number of carbonyl (C=O) groups excluding carboxylic acids is 1. The van der Waals surface area contributed by atoms with Gasteiger partial charge in [0.1, 0.15) is 0 Å². The van der Waals surface area contributed by atoms with E-state index in [1.165, 1.54) is 11.3 Å². The highest BCUT2D eigenvalue weighted by Crippen LogP contribution is 2.32. The van der Waals surface area contributed by atoms with Crippen molar-refractivity contribution in [1.29, 1.82) is 0 Å². The smallest absolute Gasteiger partial charge is 0.305 e. The van der Waals surface area contributed by atoms with E-state index in [9.17, 15) is 9.59 Å². The number of thioether (sulfide) groups is 1. The second-order valence-electron chi connectivity index (χ2n) is 4.58. The molecule has 2 aromatic rings. The van der Waals surface area contributed by atoms with Crippen molar-refractivity contribution >= 4 is 55.7 Å². The van der Waals surface area contributed by atoms with Crippen LogP contribution in [-0.2, 0) is 4.79 Å². The number of nitrogens with zero attached hydrogens (tertiary/aromatic N) is 1. The first-order valence-corrected chi connectivity index (χ1v) is 9.08. The Morgan fingerprint density at radius 3 is 3.00 bits per heavy atom. The number of aliphatic carboxylic acids is 1. The number of carboxylic acids is 1. The number of carboxylic acid groups (broad SMARTS) is 1. The van der Waals surface area contributed by atoms with Crippen LogP contribution in [-0.4, -0.2) is 46.0 Å². The molecule has 1 saturated heterocycles. The van der Waals surface area contributed by atoms with Gasteiger partial charge in [-0.05, 0) is 17.5 Å². The molecule has 3 rings (SSSR count). The van der Waals surface area contributed by atoms with E-state index < -0.39 is 5.97 Å². The van der Waals surface area contributed by atoms with Gasteiger partial charge >= 0.3 is 5.97 Å². The van der Waals surface area contributed by atoms with Gasteiger partial charge in [-0.1, -0.05) is 0 Å². The highest BCUT2D eigenvalue weighted by atomic mass is 32.2. The van der Waals surface area contributed by atoms with Crippen LogP contribution in [0.1, 0.15) is 16.1 Å². The van der Waals surface area contributed by atoms with Crippen LogP contribution in [0, 0.1) is 0 Å². The quantitative estimate of drug-likeness (QED) is 0.941. The fourth-order valence-electron chi connectivity index (χ4n) is 2.31. The molecule has 1 aliphatic heterocycles. The lowest BCUT2D eigenvalue weighted by molar-refractivity contribution is -0.138. The topological polar surface area (TPSA) is 57.6 Å². The van der Waals surface area contributed by atoms with Crippen LogP contribution in [0.25, 0.3) is 9.40 Å². The van der Waals surface area contributed by atoms with Gasteiger partial charge in [0.25, 0.3) is 5.91 Å². The SMILES string of the molecule is O=C(O)CC1CSCCN1C(=O)c1cc2sccc2s1. The standard InChI is InChI=1S/C13H13NO3S3/c15-12(16)5-8-7-18-4-2-14(8)13(17)11-6-10-9(20-11)1-3-19-10/h1,3,6,8H,2,4-5,7H2,(H,15,16). The van der Waals surface area contributed by atoms with E-state index in [1.807, 2.05) is 17.5 Å². The molecule has 1 unspecified atom stereocenters. The van der Waals surface area contributed by atoms with E-state index in [-0.39, 0.29) is 18.4 Å². The maximum absolute atomic E-state index is 12.6. The maximum Gasteiger partial charge on any atom is 0.305 e. The fraction of sp³-hybridized carbons (Fsp3) is 0.385. The van der Waals surface area contributed by atoms with Crippen molar-refractivity contribution in [2.45, 2.75) is 12.5 Å². The monoisotopic (exact) mass is 327 g/mol. The van der Waals surface area contributed by atoms with E-state index in [4.69, 9.17) is 5.11 Å². The Balaban J connectivity index is 1.83. The van der Waals surface area contributed by atoms with Crippen LogP contribution in [0.5, 0.6) is 0 Å². The number of rotatable bonds is 3. The molecular weight excluding hydrogens is 314 g/mol. The number of thiophene rings is 2. The summed E-state index contributed by atoms with van der Waals surface area (Å²) in [6.45, 7) is 0.632. The van der Waals surface area contributed by atoms with Crippen LogP contribution in [0.3, 0.4) is 0 Å². The third-order valence-corrected chi connectivity index (χ3v) is 6.42. The molecule has 106 valence electrons. The molecule has 7 heteroatoms. The second-order valence-corrected chi connectivity index (χ2v) is 7.77. The molecule has 3 heterocycles. The van der Waals surface area contributed by atoms with Gasteiger partial charge in [0.05, 0.1) is 17.3 Å². The van der Waals surface area contributed by atoms with Gasteiger partial charge in [-0.25, -0.2) is 0 Å². The average molecular weight is 327 g/mol. The number of hydrogen-bond acceptors (Lipinski definition) is 5. The zero-order valence-electron chi connectivity index (χ0n) is 10.6. The summed E-state index contributed by atoms with van der Waals surface area (Å²) in [5.74, 6) is 0.715. The Kier molecular flexibility index (Phi) is 4.00. The molecule has 0 aromatic carbocycles. The summed E-state index contributed by atoms with van der Waals surface area (Å²) in [5, 5.41) is 11.0. The highest BCUT2D eigenvalue weighted by Gasteiger charge is 2.30. The Hall–Kier alpha value is -1.05. The van der Waals surface area contributed by atoms with E-state index in [0.717, 1.165) is 15.2 Å². The molecule has 1 atom stereocenters. The molecule has 20 heavy (non-hydrogen) atoms. The van der Waals surface area contributed by atoms with Crippen molar-refractivity contribution < 1.29 is 14.7 Å². The van der Waals surface area contributed by atoms with Crippen LogP contribution in [0.4, 0.5) is 0 Å². The summed E-state index contributed by atoms with van der Waals surface area (Å²) >= 11 is 4.83. The van der Waals surface area contributed by atoms with Crippen molar-refractivity contribution in [3.63, 3.8) is 0 Å². The number of hydrogen-bond donors (Lipinski definition) is 1. The van der Waals surface area contributed by atoms with Gasteiger partial charge in [-0.2, -0.15) is 11.8 Å². The zero-order valence-corrected chi connectivity index (χ0v) is 13.0. The first-order valence-electron chi connectivity index (χ1n) is 6.22. The Morgan fingerprint density at radius 2 is 2.25 bits per heavy atom. The molecule has 0 spiro atoms. The summed E-state index contributed by atoms with van der Waals surface area (Å²) in [6.07, 6.45) is 0.0263. The molecule has 1 fully saturated rings. The number of fused-ring (bicyclic) bond motifs is 1. The molecule has 4 nitrogen and oxygen atoms in total.